The number of carbonyl (C=O) groups is 1. The van der Waals surface area contributed by atoms with Crippen molar-refractivity contribution in [2.75, 3.05) is 31.4 Å². The van der Waals surface area contributed by atoms with E-state index < -0.39 is 5.41 Å². The smallest absolute Gasteiger partial charge is 0.272 e. The van der Waals surface area contributed by atoms with Gasteiger partial charge in [-0.05, 0) is 61.4 Å². The van der Waals surface area contributed by atoms with E-state index in [1.54, 1.807) is 37.4 Å². The van der Waals surface area contributed by atoms with Gasteiger partial charge in [-0.15, -0.1) is 0 Å². The second-order valence-corrected chi connectivity index (χ2v) is 8.97. The molecule has 37 heavy (non-hydrogen) atoms. The monoisotopic (exact) mass is 504 g/mol. The molecule has 3 aromatic carbocycles. The Morgan fingerprint density at radius 1 is 0.946 bits per heavy atom. The predicted octanol–water partition coefficient (Wildman–Crippen LogP) is 5.14. The summed E-state index contributed by atoms with van der Waals surface area (Å²) in [5.74, 6) is 1.73. The Kier molecular flexibility index (Phi) is 6.43. The molecule has 1 aliphatic rings. The average Bonchev–Trinajstić information content (AvgIpc) is 3.72. The van der Waals surface area contributed by atoms with Crippen molar-refractivity contribution in [3.8, 4) is 23.0 Å². The number of rotatable bonds is 9. The number of hydrogen-bond acceptors (Lipinski definition) is 6. The van der Waals surface area contributed by atoms with Crippen LogP contribution in [-0.4, -0.2) is 31.9 Å². The summed E-state index contributed by atoms with van der Waals surface area (Å²) in [6.07, 6.45) is 3.06. The van der Waals surface area contributed by atoms with Crippen LogP contribution < -0.4 is 29.6 Å². The van der Waals surface area contributed by atoms with Crippen molar-refractivity contribution >= 4 is 28.2 Å². The van der Waals surface area contributed by atoms with Gasteiger partial charge < -0.3 is 24.8 Å². The summed E-state index contributed by atoms with van der Waals surface area (Å²) in [6.45, 7) is 0.488. The van der Waals surface area contributed by atoms with Crippen molar-refractivity contribution < 1.29 is 33.3 Å². The lowest BCUT2D eigenvalue weighted by atomic mass is 10.1. The molecule has 190 valence electrons. The topological polar surface area (TPSA) is 92.9 Å². The lowest BCUT2D eigenvalue weighted by Gasteiger charge is -2.17. The van der Waals surface area contributed by atoms with Crippen LogP contribution in [0.25, 0.3) is 10.9 Å². The molecule has 0 radical (unpaired) electrons. The number of amides is 1. The summed E-state index contributed by atoms with van der Waals surface area (Å²) in [5.41, 5.74) is 1.45. The number of fused-ring (bicyclic) bond motifs is 1. The van der Waals surface area contributed by atoms with E-state index in [1.807, 2.05) is 24.3 Å². The van der Waals surface area contributed by atoms with Gasteiger partial charge >= 0.3 is 0 Å². The number of benzene rings is 3. The zero-order valence-corrected chi connectivity index (χ0v) is 20.5. The minimum Gasteiger partial charge on any atom is -0.493 e. The maximum absolute atomic E-state index is 13.1. The van der Waals surface area contributed by atoms with Crippen LogP contribution in [0.15, 0.2) is 72.9 Å². The lowest BCUT2D eigenvalue weighted by Crippen LogP contribution is -2.30. The van der Waals surface area contributed by atoms with Crippen LogP contribution >= 0.6 is 0 Å². The molecule has 0 saturated heterocycles. The highest BCUT2D eigenvalue weighted by molar-refractivity contribution is 5.97. The van der Waals surface area contributed by atoms with Gasteiger partial charge in [-0.3, -0.25) is 10.0 Å². The van der Waals surface area contributed by atoms with E-state index in [-0.39, 0.29) is 11.7 Å². The van der Waals surface area contributed by atoms with Crippen LogP contribution in [0.4, 0.5) is 15.8 Å². The molecule has 0 bridgehead atoms. The fraction of sp³-hybridized carbons (Fsp3) is 0.214. The molecule has 0 spiro atoms. The average molecular weight is 505 g/mol. The Labute approximate surface area is 213 Å². The van der Waals surface area contributed by atoms with Crippen LogP contribution in [0.1, 0.15) is 12.8 Å². The van der Waals surface area contributed by atoms with Gasteiger partial charge in [-0.25, -0.2) is 4.39 Å². The summed E-state index contributed by atoms with van der Waals surface area (Å²) in [6, 6.07) is 18.3. The number of nitrogens with one attached hydrogen (secondary N) is 2. The molecule has 9 heteroatoms. The standard InChI is InChI=1S/C28H26FN3O5/c1-35-25-15-22-23(16-26(25)36-2)32(34)14-11-24(22)37-21-9-7-19(8-10-21)30-17-28(12-13-28)27(33)31-20-5-3-18(29)4-6-20/h3-11,14-16,30H,12-13,17H2,1-2H3,(H-,31,33,34)/p+1. The van der Waals surface area contributed by atoms with Gasteiger partial charge in [0.2, 0.25) is 12.1 Å². The summed E-state index contributed by atoms with van der Waals surface area (Å²) in [5, 5.41) is 17.1. The molecule has 1 fully saturated rings. The van der Waals surface area contributed by atoms with E-state index in [2.05, 4.69) is 10.6 Å². The SMILES string of the molecule is COc1cc2c(Oc3ccc(NCC4(C(=O)Nc5ccc(F)cc5)CC4)cc3)cc[n+](O)c2cc1OC. The Balaban J connectivity index is 1.25. The Morgan fingerprint density at radius 3 is 2.24 bits per heavy atom. The Bertz CT molecular complexity index is 1440. The first-order valence-corrected chi connectivity index (χ1v) is 11.8. The molecule has 1 saturated carbocycles. The van der Waals surface area contributed by atoms with Gasteiger partial charge in [-0.2, -0.15) is 0 Å². The van der Waals surface area contributed by atoms with Gasteiger partial charge in [0, 0.05) is 28.7 Å². The van der Waals surface area contributed by atoms with E-state index in [4.69, 9.17) is 14.2 Å². The van der Waals surface area contributed by atoms with Crippen LogP contribution in [0.3, 0.4) is 0 Å². The lowest BCUT2D eigenvalue weighted by molar-refractivity contribution is -0.884. The second kappa shape index (κ2) is 9.85. The highest BCUT2D eigenvalue weighted by Crippen LogP contribution is 2.46. The van der Waals surface area contributed by atoms with E-state index >= 15 is 0 Å². The molecule has 0 atom stereocenters. The van der Waals surface area contributed by atoms with Crippen LogP contribution in [0, 0.1) is 11.2 Å². The van der Waals surface area contributed by atoms with Crippen LogP contribution in [0.2, 0.25) is 0 Å². The molecule has 8 nitrogen and oxygen atoms in total. The maximum atomic E-state index is 13.1. The normalized spacial score (nSPS) is 13.6. The number of carbonyl (C=O) groups excluding carboxylic acids is 1. The number of anilines is 2. The van der Waals surface area contributed by atoms with E-state index in [0.717, 1.165) is 23.3 Å². The third-order valence-corrected chi connectivity index (χ3v) is 6.53. The minimum absolute atomic E-state index is 0.0734. The molecule has 1 amide bonds. The van der Waals surface area contributed by atoms with Crippen molar-refractivity contribution in [2.45, 2.75) is 12.8 Å². The molecule has 0 aliphatic heterocycles. The number of nitrogens with zero attached hydrogens (tertiary/aromatic N) is 1. The summed E-state index contributed by atoms with van der Waals surface area (Å²) < 4.78 is 31.0. The molecule has 0 unspecified atom stereocenters. The van der Waals surface area contributed by atoms with Crippen LogP contribution in [-0.2, 0) is 4.79 Å². The molecule has 1 aliphatic carbocycles. The van der Waals surface area contributed by atoms with E-state index in [1.165, 1.54) is 25.4 Å². The predicted molar refractivity (Wildman–Crippen MR) is 136 cm³/mol. The van der Waals surface area contributed by atoms with Gasteiger partial charge in [0.25, 0.3) is 5.52 Å². The largest absolute Gasteiger partial charge is 0.493 e. The van der Waals surface area contributed by atoms with Crippen molar-refractivity contribution in [2.24, 2.45) is 5.41 Å². The van der Waals surface area contributed by atoms with Gasteiger partial charge in [-0.1, -0.05) is 0 Å². The fourth-order valence-corrected chi connectivity index (χ4v) is 4.12. The Morgan fingerprint density at radius 2 is 1.59 bits per heavy atom. The van der Waals surface area contributed by atoms with Crippen molar-refractivity contribution in [1.29, 1.82) is 0 Å². The molecule has 3 N–H and O–H groups in total. The first-order chi connectivity index (χ1) is 17.9. The highest BCUT2D eigenvalue weighted by Gasteiger charge is 2.49. The maximum Gasteiger partial charge on any atom is 0.272 e. The number of aromatic nitrogens is 1. The third-order valence-electron chi connectivity index (χ3n) is 6.53. The molecule has 4 aromatic rings. The zero-order chi connectivity index (χ0) is 26.0. The highest BCUT2D eigenvalue weighted by atomic mass is 19.1. The number of hydrogen-bond donors (Lipinski definition) is 3. The minimum atomic E-state index is -0.480. The van der Waals surface area contributed by atoms with Gasteiger partial charge in [0.05, 0.1) is 37.2 Å². The van der Waals surface area contributed by atoms with Crippen molar-refractivity contribution in [1.82, 2.24) is 0 Å². The zero-order valence-electron chi connectivity index (χ0n) is 20.5. The molecule has 5 rings (SSSR count). The first-order valence-electron chi connectivity index (χ1n) is 11.8. The van der Waals surface area contributed by atoms with E-state index in [9.17, 15) is 14.4 Å². The number of halogens is 1. The quantitative estimate of drug-likeness (QED) is 0.216. The summed E-state index contributed by atoms with van der Waals surface area (Å²) >= 11 is 0. The van der Waals surface area contributed by atoms with E-state index in [0.29, 0.717) is 46.1 Å². The third kappa shape index (κ3) is 5.06. The molecule has 1 heterocycles. The number of ether oxygens (including phenoxy) is 3. The number of pyridine rings is 1. The summed E-state index contributed by atoms with van der Waals surface area (Å²) in [4.78, 5) is 12.8. The first kappa shape index (κ1) is 24.2. The van der Waals surface area contributed by atoms with Crippen LogP contribution in [0.5, 0.6) is 23.0 Å². The van der Waals surface area contributed by atoms with Crippen molar-refractivity contribution in [3.05, 3.63) is 78.7 Å². The van der Waals surface area contributed by atoms with Crippen molar-refractivity contribution in [3.63, 3.8) is 0 Å². The summed E-state index contributed by atoms with van der Waals surface area (Å²) in [7, 11) is 3.08. The molecular weight excluding hydrogens is 477 g/mol. The Hall–Kier alpha value is -4.53. The second-order valence-electron chi connectivity index (χ2n) is 8.97. The molecule has 1 aromatic heterocycles. The fourth-order valence-electron chi connectivity index (χ4n) is 4.12. The number of methoxy groups -OCH3 is 2. The van der Waals surface area contributed by atoms with Gasteiger partial charge in [0.15, 0.2) is 11.5 Å². The molecular formula is C28H27FN3O5+. The van der Waals surface area contributed by atoms with Gasteiger partial charge in [0.1, 0.15) is 17.3 Å².